The van der Waals surface area contributed by atoms with Crippen LogP contribution in [0.4, 0.5) is 9.18 Å². The summed E-state index contributed by atoms with van der Waals surface area (Å²) in [7, 11) is 0. The van der Waals surface area contributed by atoms with Crippen LogP contribution in [0, 0.1) is 5.82 Å². The summed E-state index contributed by atoms with van der Waals surface area (Å²) in [6, 6.07) is 12.2. The van der Waals surface area contributed by atoms with Gasteiger partial charge in [0.2, 0.25) is 0 Å². The van der Waals surface area contributed by atoms with Crippen LogP contribution >= 0.6 is 11.3 Å². The van der Waals surface area contributed by atoms with Crippen LogP contribution in [0.3, 0.4) is 0 Å². The van der Waals surface area contributed by atoms with Gasteiger partial charge in [-0.25, -0.2) is 14.2 Å². The molecule has 136 valence electrons. The molecule has 0 saturated heterocycles. The first-order chi connectivity index (χ1) is 13.0. The summed E-state index contributed by atoms with van der Waals surface area (Å²) in [4.78, 5) is 16.7. The molecule has 2 amide bonds. The van der Waals surface area contributed by atoms with Gasteiger partial charge in [0.1, 0.15) is 16.6 Å². The molecule has 0 spiro atoms. The molecule has 0 fully saturated rings. The Hall–Kier alpha value is -3.19. The third-order valence-electron chi connectivity index (χ3n) is 4.35. The van der Waals surface area contributed by atoms with Gasteiger partial charge in [0.05, 0.1) is 11.7 Å². The standard InChI is InChI=1S/C20H16FN3O2S/c1-11-17(18(24-20(26)22-11)13-3-2-4-15(25)9-13)19-23-16(10-27-19)12-5-7-14(21)8-6-12/h2-10,18,25H,1H3,(H2,22,24,26). The second-order valence-corrected chi connectivity index (χ2v) is 7.07. The SMILES string of the molecule is CC1=C(c2nc(-c3ccc(F)cc3)cs2)C(c2cccc(O)c2)NC(=O)N1. The molecule has 4 rings (SSSR count). The van der Waals surface area contributed by atoms with Gasteiger partial charge in [-0.1, -0.05) is 12.1 Å². The van der Waals surface area contributed by atoms with E-state index in [1.165, 1.54) is 23.5 Å². The lowest BCUT2D eigenvalue weighted by Crippen LogP contribution is -2.42. The minimum absolute atomic E-state index is 0.128. The van der Waals surface area contributed by atoms with Crippen LogP contribution in [-0.2, 0) is 0 Å². The Morgan fingerprint density at radius 1 is 1.19 bits per heavy atom. The van der Waals surface area contributed by atoms with Crippen LogP contribution in [0.1, 0.15) is 23.5 Å². The van der Waals surface area contributed by atoms with E-state index in [1.807, 2.05) is 18.4 Å². The minimum atomic E-state index is -0.432. The summed E-state index contributed by atoms with van der Waals surface area (Å²) >= 11 is 1.45. The Labute approximate surface area is 159 Å². The largest absolute Gasteiger partial charge is 0.508 e. The number of carbonyl (C=O) groups excluding carboxylic acids is 1. The maximum Gasteiger partial charge on any atom is 0.319 e. The number of rotatable bonds is 3. The smallest absolute Gasteiger partial charge is 0.319 e. The molecule has 3 N–H and O–H groups in total. The summed E-state index contributed by atoms with van der Waals surface area (Å²) in [5, 5.41) is 18.1. The molecule has 2 aromatic carbocycles. The molecule has 27 heavy (non-hydrogen) atoms. The molecule has 0 aliphatic carbocycles. The molecule has 0 radical (unpaired) electrons. The van der Waals surface area contributed by atoms with E-state index in [0.29, 0.717) is 5.70 Å². The first-order valence-electron chi connectivity index (χ1n) is 8.30. The number of hydrogen-bond donors (Lipinski definition) is 3. The lowest BCUT2D eigenvalue weighted by atomic mass is 9.96. The summed E-state index contributed by atoms with van der Waals surface area (Å²) < 4.78 is 13.2. The van der Waals surface area contributed by atoms with Gasteiger partial charge in [-0.2, -0.15) is 0 Å². The van der Waals surface area contributed by atoms with Gasteiger partial charge in [0.25, 0.3) is 0 Å². The van der Waals surface area contributed by atoms with Crippen molar-refractivity contribution in [1.82, 2.24) is 15.6 Å². The molecule has 1 unspecified atom stereocenters. The highest BCUT2D eigenvalue weighted by atomic mass is 32.1. The number of benzene rings is 2. The van der Waals surface area contributed by atoms with E-state index in [1.54, 1.807) is 30.3 Å². The number of urea groups is 1. The van der Waals surface area contributed by atoms with Crippen molar-refractivity contribution in [3.05, 3.63) is 76.0 Å². The van der Waals surface area contributed by atoms with E-state index in [9.17, 15) is 14.3 Å². The molecular weight excluding hydrogens is 365 g/mol. The van der Waals surface area contributed by atoms with Crippen LogP contribution in [0.25, 0.3) is 16.8 Å². The number of thiazole rings is 1. The number of halogens is 1. The predicted octanol–water partition coefficient (Wildman–Crippen LogP) is 4.44. The van der Waals surface area contributed by atoms with Gasteiger partial charge in [0, 0.05) is 22.2 Å². The summed E-state index contributed by atoms with van der Waals surface area (Å²) in [6.07, 6.45) is 0. The third kappa shape index (κ3) is 3.41. The number of phenols is 1. The molecule has 2 heterocycles. The molecule has 0 bridgehead atoms. The Morgan fingerprint density at radius 3 is 2.70 bits per heavy atom. The number of hydrogen-bond acceptors (Lipinski definition) is 4. The maximum absolute atomic E-state index is 13.2. The summed E-state index contributed by atoms with van der Waals surface area (Å²) in [5.74, 6) is -0.167. The van der Waals surface area contributed by atoms with E-state index < -0.39 is 6.04 Å². The number of nitrogens with one attached hydrogen (secondary N) is 2. The highest BCUT2D eigenvalue weighted by Crippen LogP contribution is 2.37. The molecule has 0 saturated carbocycles. The van der Waals surface area contributed by atoms with Crippen LogP contribution in [0.2, 0.25) is 0 Å². The zero-order chi connectivity index (χ0) is 19.0. The lowest BCUT2D eigenvalue weighted by molar-refractivity contribution is 0.240. The highest BCUT2D eigenvalue weighted by molar-refractivity contribution is 7.11. The average molecular weight is 381 g/mol. The van der Waals surface area contributed by atoms with Crippen molar-refractivity contribution in [3.63, 3.8) is 0 Å². The van der Waals surface area contributed by atoms with Crippen LogP contribution < -0.4 is 10.6 Å². The Balaban J connectivity index is 1.76. The first kappa shape index (κ1) is 17.2. The Bertz CT molecular complexity index is 1040. The number of aromatic hydroxyl groups is 1. The van der Waals surface area contributed by atoms with Crippen LogP contribution in [-0.4, -0.2) is 16.1 Å². The highest BCUT2D eigenvalue weighted by Gasteiger charge is 2.29. The normalized spacial score (nSPS) is 16.8. The van der Waals surface area contributed by atoms with Gasteiger partial charge < -0.3 is 15.7 Å². The molecule has 3 aromatic rings. The topological polar surface area (TPSA) is 74.2 Å². The second kappa shape index (κ2) is 6.85. The number of aromatic nitrogens is 1. The van der Waals surface area contributed by atoms with Crippen molar-refractivity contribution < 1.29 is 14.3 Å². The fraction of sp³-hybridized carbons (Fsp3) is 0.100. The molecule has 5 nitrogen and oxygen atoms in total. The quantitative estimate of drug-likeness (QED) is 0.628. The van der Waals surface area contributed by atoms with Gasteiger partial charge >= 0.3 is 6.03 Å². The van der Waals surface area contributed by atoms with Gasteiger partial charge in [-0.05, 0) is 48.9 Å². The molecule has 1 aromatic heterocycles. The Kier molecular flexibility index (Phi) is 4.37. The summed E-state index contributed by atoms with van der Waals surface area (Å²) in [5.41, 5.74) is 3.85. The van der Waals surface area contributed by atoms with E-state index in [4.69, 9.17) is 4.98 Å². The van der Waals surface area contributed by atoms with E-state index in [2.05, 4.69) is 10.6 Å². The number of nitrogens with zero attached hydrogens (tertiary/aromatic N) is 1. The van der Waals surface area contributed by atoms with Crippen LogP contribution in [0.15, 0.2) is 59.6 Å². The third-order valence-corrected chi connectivity index (χ3v) is 5.22. The monoisotopic (exact) mass is 381 g/mol. The van der Waals surface area contributed by atoms with Crippen molar-refractivity contribution in [2.75, 3.05) is 0 Å². The van der Waals surface area contributed by atoms with Crippen LogP contribution in [0.5, 0.6) is 5.75 Å². The van der Waals surface area contributed by atoms with E-state index in [0.717, 1.165) is 27.4 Å². The fourth-order valence-corrected chi connectivity index (χ4v) is 4.04. The van der Waals surface area contributed by atoms with Crippen molar-refractivity contribution in [2.24, 2.45) is 0 Å². The van der Waals surface area contributed by atoms with E-state index in [-0.39, 0.29) is 17.6 Å². The number of phenolic OH excluding ortho intramolecular Hbond substituents is 1. The molecular formula is C20H16FN3O2S. The number of amides is 2. The summed E-state index contributed by atoms with van der Waals surface area (Å²) in [6.45, 7) is 1.82. The Morgan fingerprint density at radius 2 is 1.96 bits per heavy atom. The zero-order valence-electron chi connectivity index (χ0n) is 14.4. The number of allylic oxidation sites excluding steroid dienone is 1. The zero-order valence-corrected chi connectivity index (χ0v) is 15.2. The average Bonchev–Trinajstić information content (AvgIpc) is 3.11. The molecule has 1 aliphatic heterocycles. The van der Waals surface area contributed by atoms with Gasteiger partial charge in [-0.3, -0.25) is 0 Å². The van der Waals surface area contributed by atoms with Crippen molar-refractivity contribution >= 4 is 22.9 Å². The second-order valence-electron chi connectivity index (χ2n) is 6.21. The first-order valence-corrected chi connectivity index (χ1v) is 9.18. The van der Waals surface area contributed by atoms with Gasteiger partial charge in [0.15, 0.2) is 0 Å². The van der Waals surface area contributed by atoms with Crippen molar-refractivity contribution in [2.45, 2.75) is 13.0 Å². The number of carbonyl (C=O) groups is 1. The predicted molar refractivity (Wildman–Crippen MR) is 103 cm³/mol. The molecule has 7 heteroatoms. The fourth-order valence-electron chi connectivity index (χ4n) is 3.08. The van der Waals surface area contributed by atoms with Crippen molar-refractivity contribution in [3.8, 4) is 17.0 Å². The van der Waals surface area contributed by atoms with Gasteiger partial charge in [-0.15, -0.1) is 11.3 Å². The van der Waals surface area contributed by atoms with Crippen molar-refractivity contribution in [1.29, 1.82) is 0 Å². The molecule has 1 aliphatic rings. The minimum Gasteiger partial charge on any atom is -0.508 e. The molecule has 1 atom stereocenters. The van der Waals surface area contributed by atoms with E-state index >= 15 is 0 Å². The maximum atomic E-state index is 13.2. The lowest BCUT2D eigenvalue weighted by Gasteiger charge is -2.28.